The van der Waals surface area contributed by atoms with Gasteiger partial charge in [-0.25, -0.2) is 0 Å². The molecular formula is C12H22BN2O2+. The fourth-order valence-corrected chi connectivity index (χ4v) is 2.16. The maximum Gasteiger partial charge on any atom is 0.503 e. The van der Waals surface area contributed by atoms with Crippen molar-refractivity contribution in [2.45, 2.75) is 52.7 Å². The molecule has 0 aliphatic carbocycles. The molecule has 1 aliphatic heterocycles. The minimum Gasteiger partial charge on any atom is -0.399 e. The van der Waals surface area contributed by atoms with Crippen LogP contribution in [0.25, 0.3) is 0 Å². The van der Waals surface area contributed by atoms with Crippen molar-refractivity contribution >= 4 is 12.6 Å². The van der Waals surface area contributed by atoms with Crippen LogP contribution in [-0.2, 0) is 16.4 Å². The van der Waals surface area contributed by atoms with Crippen LogP contribution < -0.4 is 10.1 Å². The Morgan fingerprint density at radius 2 is 1.53 bits per heavy atom. The average molecular weight is 237 g/mol. The quantitative estimate of drug-likeness (QED) is 0.578. The molecule has 1 saturated heterocycles. The van der Waals surface area contributed by atoms with Crippen LogP contribution in [0.5, 0.6) is 0 Å². The van der Waals surface area contributed by atoms with E-state index in [1.807, 2.05) is 18.7 Å². The second-order valence-electron chi connectivity index (χ2n) is 5.88. The number of nitrogens with zero attached hydrogens (tertiary/aromatic N) is 1. The van der Waals surface area contributed by atoms with E-state index >= 15 is 0 Å². The summed E-state index contributed by atoms with van der Waals surface area (Å²) in [7, 11) is 1.72. The van der Waals surface area contributed by atoms with Gasteiger partial charge in [-0.1, -0.05) is 0 Å². The number of hydrogen-bond donors (Lipinski definition) is 1. The lowest BCUT2D eigenvalue weighted by molar-refractivity contribution is -0.732. The van der Waals surface area contributed by atoms with E-state index in [2.05, 4.69) is 39.7 Å². The third kappa shape index (κ3) is 1.81. The van der Waals surface area contributed by atoms with E-state index < -0.39 is 0 Å². The molecule has 0 radical (unpaired) electrons. The van der Waals surface area contributed by atoms with Gasteiger partial charge in [0, 0.05) is 6.92 Å². The summed E-state index contributed by atoms with van der Waals surface area (Å²) in [6.45, 7) is 12.4. The van der Waals surface area contributed by atoms with Crippen molar-refractivity contribution < 1.29 is 14.0 Å². The molecule has 0 unspecified atom stereocenters. The monoisotopic (exact) mass is 237 g/mol. The highest BCUT2D eigenvalue weighted by Gasteiger charge is 2.53. The Morgan fingerprint density at radius 3 is 1.88 bits per heavy atom. The van der Waals surface area contributed by atoms with E-state index in [1.165, 1.54) is 0 Å². The van der Waals surface area contributed by atoms with Crippen molar-refractivity contribution in [2.75, 3.05) is 0 Å². The molecule has 2 rings (SSSR count). The Kier molecular flexibility index (Phi) is 2.67. The highest BCUT2D eigenvalue weighted by molar-refractivity contribution is 6.62. The van der Waals surface area contributed by atoms with Crippen molar-refractivity contribution in [2.24, 2.45) is 7.05 Å². The van der Waals surface area contributed by atoms with Crippen molar-refractivity contribution in [1.29, 1.82) is 0 Å². The first-order valence-electron chi connectivity index (χ1n) is 6.06. The molecule has 1 aromatic heterocycles. The second-order valence-corrected chi connectivity index (χ2v) is 5.88. The van der Waals surface area contributed by atoms with E-state index in [1.54, 1.807) is 0 Å². The van der Waals surface area contributed by atoms with Gasteiger partial charge in [-0.3, -0.25) is 0 Å². The molecule has 2 heterocycles. The molecule has 1 fully saturated rings. The SMILES string of the molecule is Cc1[nH][n+](C)c(C)c1B1OC(C)(C)C(C)(C)O1. The van der Waals surface area contributed by atoms with E-state index in [9.17, 15) is 0 Å². The Morgan fingerprint density at radius 1 is 1.06 bits per heavy atom. The molecule has 4 nitrogen and oxygen atoms in total. The molecule has 1 aromatic rings. The van der Waals surface area contributed by atoms with Gasteiger partial charge in [-0.15, -0.1) is 4.68 Å². The first-order chi connectivity index (χ1) is 7.66. The van der Waals surface area contributed by atoms with Crippen LogP contribution in [0.3, 0.4) is 0 Å². The lowest BCUT2D eigenvalue weighted by atomic mass is 9.77. The third-order valence-electron chi connectivity index (χ3n) is 4.12. The Balaban J connectivity index is 2.39. The van der Waals surface area contributed by atoms with Gasteiger partial charge in [-0.05, 0) is 34.6 Å². The number of aromatic nitrogens is 2. The van der Waals surface area contributed by atoms with E-state index in [0.29, 0.717) is 0 Å². The lowest BCUT2D eigenvalue weighted by Gasteiger charge is -2.32. The fraction of sp³-hybridized carbons (Fsp3) is 0.750. The standard InChI is InChI=1S/C12H21BN2O2/c1-8-10(9(2)15(7)14-8)13-16-11(3,4)12(5,6)17-13/h1-7H3/p+1. The van der Waals surface area contributed by atoms with Crippen LogP contribution in [0.4, 0.5) is 0 Å². The smallest absolute Gasteiger partial charge is 0.399 e. The highest BCUT2D eigenvalue weighted by atomic mass is 16.7. The molecule has 1 N–H and O–H groups in total. The predicted octanol–water partition coefficient (Wildman–Crippen LogP) is 0.755. The summed E-state index contributed by atoms with van der Waals surface area (Å²) in [6.07, 6.45) is 0. The van der Waals surface area contributed by atoms with Crippen LogP contribution in [0.1, 0.15) is 39.1 Å². The number of nitrogens with one attached hydrogen (secondary N) is 1. The molecule has 5 heteroatoms. The maximum atomic E-state index is 6.07. The van der Waals surface area contributed by atoms with E-state index in [-0.39, 0.29) is 18.3 Å². The minimum absolute atomic E-state index is 0.280. The Labute approximate surface area is 103 Å². The molecule has 0 atom stereocenters. The van der Waals surface area contributed by atoms with Crippen LogP contribution in [-0.4, -0.2) is 23.4 Å². The van der Waals surface area contributed by atoms with Gasteiger partial charge in [0.15, 0.2) is 7.05 Å². The average Bonchev–Trinajstić information content (AvgIpc) is 2.49. The summed E-state index contributed by atoms with van der Waals surface area (Å²) in [6, 6.07) is 0. The second kappa shape index (κ2) is 3.59. The zero-order valence-corrected chi connectivity index (χ0v) is 11.8. The molecule has 0 bridgehead atoms. The molecule has 94 valence electrons. The first kappa shape index (κ1) is 12.6. The minimum atomic E-state index is -0.285. The van der Waals surface area contributed by atoms with Gasteiger partial charge in [0.1, 0.15) is 0 Å². The third-order valence-corrected chi connectivity index (χ3v) is 4.12. The van der Waals surface area contributed by atoms with Gasteiger partial charge in [0.05, 0.1) is 22.4 Å². The summed E-state index contributed by atoms with van der Waals surface area (Å²) >= 11 is 0. The van der Waals surface area contributed by atoms with Crippen molar-refractivity contribution in [1.82, 2.24) is 5.10 Å². The Hall–Kier alpha value is -0.805. The number of aryl methyl sites for hydroxylation is 2. The molecule has 0 amide bonds. The van der Waals surface area contributed by atoms with Gasteiger partial charge in [0.2, 0.25) is 5.69 Å². The van der Waals surface area contributed by atoms with Crippen LogP contribution in [0.15, 0.2) is 0 Å². The summed E-state index contributed by atoms with van der Waals surface area (Å²) in [5.41, 5.74) is 2.80. The number of H-pyrrole nitrogens is 1. The summed E-state index contributed by atoms with van der Waals surface area (Å²) in [5, 5.41) is 3.26. The van der Waals surface area contributed by atoms with Crippen molar-refractivity contribution in [3.63, 3.8) is 0 Å². The van der Waals surface area contributed by atoms with Crippen molar-refractivity contribution in [3.05, 3.63) is 11.4 Å². The molecular weight excluding hydrogens is 215 g/mol. The fourth-order valence-electron chi connectivity index (χ4n) is 2.16. The molecule has 0 aromatic carbocycles. The lowest BCUT2D eigenvalue weighted by Crippen LogP contribution is -2.41. The van der Waals surface area contributed by atoms with Crippen LogP contribution in [0.2, 0.25) is 0 Å². The molecule has 1 aliphatic rings. The van der Waals surface area contributed by atoms with E-state index in [4.69, 9.17) is 9.31 Å². The normalized spacial score (nSPS) is 22.2. The number of hydrogen-bond acceptors (Lipinski definition) is 2. The molecule has 0 saturated carbocycles. The zero-order valence-electron chi connectivity index (χ0n) is 11.8. The van der Waals surface area contributed by atoms with Gasteiger partial charge in [0.25, 0.3) is 0 Å². The number of rotatable bonds is 1. The van der Waals surface area contributed by atoms with Crippen LogP contribution >= 0.6 is 0 Å². The van der Waals surface area contributed by atoms with Crippen LogP contribution in [0, 0.1) is 13.8 Å². The van der Waals surface area contributed by atoms with Gasteiger partial charge >= 0.3 is 7.12 Å². The van der Waals surface area contributed by atoms with Gasteiger partial charge in [-0.2, -0.15) is 5.10 Å². The highest BCUT2D eigenvalue weighted by Crippen LogP contribution is 2.36. The molecule has 17 heavy (non-hydrogen) atoms. The summed E-state index contributed by atoms with van der Waals surface area (Å²) in [5.74, 6) is 0. The largest absolute Gasteiger partial charge is 0.503 e. The Bertz CT molecular complexity index is 436. The summed E-state index contributed by atoms with van der Waals surface area (Å²) in [4.78, 5) is 0. The summed E-state index contributed by atoms with van der Waals surface area (Å²) < 4.78 is 14.1. The predicted molar refractivity (Wildman–Crippen MR) is 67.2 cm³/mol. The van der Waals surface area contributed by atoms with Gasteiger partial charge < -0.3 is 9.31 Å². The van der Waals surface area contributed by atoms with Crippen molar-refractivity contribution in [3.8, 4) is 0 Å². The van der Waals surface area contributed by atoms with E-state index in [0.717, 1.165) is 16.9 Å². The first-order valence-corrected chi connectivity index (χ1v) is 6.06. The molecule has 0 spiro atoms. The number of aromatic amines is 1. The maximum absolute atomic E-state index is 6.07. The topological polar surface area (TPSA) is 38.1 Å². The zero-order chi connectivity index (χ0) is 13.0.